The Labute approximate surface area is 106 Å². The normalized spacial score (nSPS) is 18.1. The van der Waals surface area contributed by atoms with Crippen molar-refractivity contribution in [2.75, 3.05) is 13.1 Å². The molecular weight excluding hydrogens is 233 g/mol. The summed E-state index contributed by atoms with van der Waals surface area (Å²) < 4.78 is 13.6. The predicted octanol–water partition coefficient (Wildman–Crippen LogP) is 2.61. The van der Waals surface area contributed by atoms with Crippen molar-refractivity contribution in [2.24, 2.45) is 0 Å². The van der Waals surface area contributed by atoms with Gasteiger partial charge in [-0.15, -0.1) is 0 Å². The average molecular weight is 251 g/mol. The lowest BCUT2D eigenvalue weighted by atomic mass is 10.1. The van der Waals surface area contributed by atoms with Crippen LogP contribution in [0.25, 0.3) is 0 Å². The van der Waals surface area contributed by atoms with E-state index in [0.29, 0.717) is 6.42 Å². The summed E-state index contributed by atoms with van der Waals surface area (Å²) >= 11 is 0. The Kier molecular flexibility index (Phi) is 3.97. The monoisotopic (exact) mass is 251 g/mol. The first kappa shape index (κ1) is 13.0. The van der Waals surface area contributed by atoms with Gasteiger partial charge in [0, 0.05) is 6.04 Å². The van der Waals surface area contributed by atoms with E-state index in [4.69, 9.17) is 5.11 Å². The number of hydrogen-bond acceptors (Lipinski definition) is 2. The van der Waals surface area contributed by atoms with E-state index >= 15 is 0 Å². The van der Waals surface area contributed by atoms with Gasteiger partial charge in [0.15, 0.2) is 0 Å². The minimum Gasteiger partial charge on any atom is -0.480 e. The molecule has 1 unspecified atom stereocenters. The number of nitrogens with zero attached hydrogens (tertiary/aromatic N) is 1. The van der Waals surface area contributed by atoms with Crippen LogP contribution >= 0.6 is 0 Å². The number of carbonyl (C=O) groups is 1. The Morgan fingerprint density at radius 1 is 1.56 bits per heavy atom. The number of hydrogen-bond donors (Lipinski definition) is 1. The number of carboxylic acid groups (broad SMARTS) is 1. The highest BCUT2D eigenvalue weighted by molar-refractivity contribution is 5.69. The second-order valence-electron chi connectivity index (χ2n) is 4.73. The molecule has 0 fully saturated rings. The number of aliphatic carboxylic acids is 1. The highest BCUT2D eigenvalue weighted by atomic mass is 19.1. The van der Waals surface area contributed by atoms with E-state index in [1.165, 1.54) is 6.07 Å². The lowest BCUT2D eigenvalue weighted by Gasteiger charge is -2.27. The first-order valence-electron chi connectivity index (χ1n) is 6.36. The van der Waals surface area contributed by atoms with E-state index < -0.39 is 5.97 Å². The standard InChI is InChI=1S/C14H18FNO2/c1-2-8-16(9-14(17)18)13-7-6-10-11(13)4-3-5-12(10)15/h3-5,13H,2,6-9H2,1H3,(H,17,18). The van der Waals surface area contributed by atoms with Gasteiger partial charge in [0.2, 0.25) is 0 Å². The molecule has 3 nitrogen and oxygen atoms in total. The van der Waals surface area contributed by atoms with Gasteiger partial charge in [-0.25, -0.2) is 4.39 Å². The maximum absolute atomic E-state index is 13.6. The molecule has 0 saturated heterocycles. The van der Waals surface area contributed by atoms with Gasteiger partial charge >= 0.3 is 5.97 Å². The molecule has 0 heterocycles. The third-order valence-electron chi connectivity index (χ3n) is 3.47. The molecule has 0 amide bonds. The summed E-state index contributed by atoms with van der Waals surface area (Å²) in [5.41, 5.74) is 1.72. The van der Waals surface area contributed by atoms with Crippen LogP contribution in [0.15, 0.2) is 18.2 Å². The van der Waals surface area contributed by atoms with Gasteiger partial charge in [0.05, 0.1) is 6.54 Å². The summed E-state index contributed by atoms with van der Waals surface area (Å²) in [5.74, 6) is -0.991. The molecule has 98 valence electrons. The van der Waals surface area contributed by atoms with Gasteiger partial charge < -0.3 is 5.11 Å². The highest BCUT2D eigenvalue weighted by Crippen LogP contribution is 2.36. The molecule has 0 aliphatic heterocycles. The SMILES string of the molecule is CCCN(CC(=O)O)C1CCc2c(F)cccc21. The van der Waals surface area contributed by atoms with Crippen LogP contribution in [0.3, 0.4) is 0 Å². The van der Waals surface area contributed by atoms with Crippen molar-refractivity contribution >= 4 is 5.97 Å². The number of rotatable bonds is 5. The zero-order chi connectivity index (χ0) is 13.1. The summed E-state index contributed by atoms with van der Waals surface area (Å²) in [6.07, 6.45) is 2.41. The Hall–Kier alpha value is -1.42. The molecule has 1 atom stereocenters. The minimum atomic E-state index is -0.826. The maximum Gasteiger partial charge on any atom is 0.317 e. The summed E-state index contributed by atoms with van der Waals surface area (Å²) in [5, 5.41) is 8.96. The van der Waals surface area contributed by atoms with Crippen molar-refractivity contribution in [1.29, 1.82) is 0 Å². The van der Waals surface area contributed by atoms with Crippen LogP contribution < -0.4 is 0 Å². The number of fused-ring (bicyclic) bond motifs is 1. The molecule has 1 aliphatic rings. The largest absolute Gasteiger partial charge is 0.480 e. The smallest absolute Gasteiger partial charge is 0.317 e. The maximum atomic E-state index is 13.6. The van der Waals surface area contributed by atoms with E-state index in [0.717, 1.165) is 30.5 Å². The molecule has 4 heteroatoms. The fourth-order valence-corrected chi connectivity index (χ4v) is 2.77. The van der Waals surface area contributed by atoms with Crippen LogP contribution in [0.4, 0.5) is 4.39 Å². The molecule has 0 bridgehead atoms. The Morgan fingerprint density at radius 3 is 3.00 bits per heavy atom. The van der Waals surface area contributed by atoms with Crippen molar-refractivity contribution in [1.82, 2.24) is 4.90 Å². The van der Waals surface area contributed by atoms with Crippen molar-refractivity contribution in [3.63, 3.8) is 0 Å². The summed E-state index contributed by atoms with van der Waals surface area (Å²) in [7, 11) is 0. The van der Waals surface area contributed by atoms with E-state index in [1.54, 1.807) is 6.07 Å². The molecular formula is C14H18FNO2. The van der Waals surface area contributed by atoms with E-state index in [9.17, 15) is 9.18 Å². The number of benzene rings is 1. The van der Waals surface area contributed by atoms with Crippen LogP contribution in [-0.2, 0) is 11.2 Å². The lowest BCUT2D eigenvalue weighted by Crippen LogP contribution is -2.33. The van der Waals surface area contributed by atoms with Crippen LogP contribution in [0, 0.1) is 5.82 Å². The molecule has 1 aromatic rings. The van der Waals surface area contributed by atoms with Crippen molar-refractivity contribution < 1.29 is 14.3 Å². The Morgan fingerprint density at radius 2 is 2.33 bits per heavy atom. The fourth-order valence-electron chi connectivity index (χ4n) is 2.77. The lowest BCUT2D eigenvalue weighted by molar-refractivity contribution is -0.139. The van der Waals surface area contributed by atoms with Gasteiger partial charge in [0.1, 0.15) is 5.82 Å². The topological polar surface area (TPSA) is 40.5 Å². The number of halogens is 1. The van der Waals surface area contributed by atoms with E-state index in [2.05, 4.69) is 0 Å². The van der Waals surface area contributed by atoms with E-state index in [1.807, 2.05) is 17.9 Å². The first-order chi connectivity index (χ1) is 8.63. The second-order valence-corrected chi connectivity index (χ2v) is 4.73. The van der Waals surface area contributed by atoms with Gasteiger partial charge in [-0.2, -0.15) is 0 Å². The van der Waals surface area contributed by atoms with Crippen LogP contribution in [-0.4, -0.2) is 29.1 Å². The molecule has 2 rings (SSSR count). The summed E-state index contributed by atoms with van der Waals surface area (Å²) in [6.45, 7) is 2.78. The van der Waals surface area contributed by atoms with Crippen molar-refractivity contribution in [3.05, 3.63) is 35.1 Å². The second kappa shape index (κ2) is 5.48. The van der Waals surface area contributed by atoms with Crippen molar-refractivity contribution in [3.8, 4) is 0 Å². The van der Waals surface area contributed by atoms with Crippen LogP contribution in [0.1, 0.15) is 36.9 Å². The quantitative estimate of drug-likeness (QED) is 0.874. The third kappa shape index (κ3) is 2.53. The Balaban J connectivity index is 2.24. The molecule has 1 aromatic carbocycles. The van der Waals surface area contributed by atoms with E-state index in [-0.39, 0.29) is 18.4 Å². The Bertz CT molecular complexity index is 447. The molecule has 0 spiro atoms. The van der Waals surface area contributed by atoms with Crippen LogP contribution in [0.5, 0.6) is 0 Å². The molecule has 0 radical (unpaired) electrons. The van der Waals surface area contributed by atoms with Gasteiger partial charge in [-0.1, -0.05) is 19.1 Å². The predicted molar refractivity (Wildman–Crippen MR) is 67.0 cm³/mol. The average Bonchev–Trinajstić information content (AvgIpc) is 2.73. The van der Waals surface area contributed by atoms with Gasteiger partial charge in [-0.3, -0.25) is 9.69 Å². The third-order valence-corrected chi connectivity index (χ3v) is 3.47. The molecule has 0 aromatic heterocycles. The van der Waals surface area contributed by atoms with Gasteiger partial charge in [0.25, 0.3) is 0 Å². The summed E-state index contributed by atoms with van der Waals surface area (Å²) in [6, 6.07) is 5.15. The van der Waals surface area contributed by atoms with Crippen LogP contribution in [0.2, 0.25) is 0 Å². The minimum absolute atomic E-state index is 0.0223. The molecule has 1 N–H and O–H groups in total. The fraction of sp³-hybridized carbons (Fsp3) is 0.500. The summed E-state index contributed by atoms with van der Waals surface area (Å²) in [4.78, 5) is 12.8. The number of carboxylic acids is 1. The highest BCUT2D eigenvalue weighted by Gasteiger charge is 2.30. The molecule has 1 aliphatic carbocycles. The molecule has 18 heavy (non-hydrogen) atoms. The molecule has 0 saturated carbocycles. The van der Waals surface area contributed by atoms with Gasteiger partial charge in [-0.05, 0) is 43.0 Å². The van der Waals surface area contributed by atoms with Crippen molar-refractivity contribution in [2.45, 2.75) is 32.2 Å². The zero-order valence-electron chi connectivity index (χ0n) is 10.5. The zero-order valence-corrected chi connectivity index (χ0v) is 10.5. The first-order valence-corrected chi connectivity index (χ1v) is 6.36.